The summed E-state index contributed by atoms with van der Waals surface area (Å²) < 4.78 is 10.3. The summed E-state index contributed by atoms with van der Waals surface area (Å²) in [4.78, 5) is 26.0. The van der Waals surface area contributed by atoms with Gasteiger partial charge in [-0.05, 0) is 19.1 Å². The quantitative estimate of drug-likeness (QED) is 0.757. The van der Waals surface area contributed by atoms with Crippen LogP contribution in [0.25, 0.3) is 11.1 Å². The first-order valence-electron chi connectivity index (χ1n) is 7.25. The van der Waals surface area contributed by atoms with Crippen molar-refractivity contribution in [3.63, 3.8) is 0 Å². The fourth-order valence-corrected chi connectivity index (χ4v) is 2.79. The summed E-state index contributed by atoms with van der Waals surface area (Å²) in [5, 5.41) is 12.9. The second kappa shape index (κ2) is 5.58. The van der Waals surface area contributed by atoms with E-state index in [9.17, 15) is 14.7 Å². The molecule has 3 rings (SSSR count). The molecule has 0 unspecified atom stereocenters. The van der Waals surface area contributed by atoms with Gasteiger partial charge in [-0.15, -0.1) is 0 Å². The molecule has 1 aromatic heterocycles. The number of fused-ring (bicyclic) bond motifs is 1. The normalized spacial score (nSPS) is 24.2. The van der Waals surface area contributed by atoms with Crippen LogP contribution in [0.5, 0.6) is 0 Å². The van der Waals surface area contributed by atoms with Crippen molar-refractivity contribution in [3.8, 4) is 0 Å². The maximum absolute atomic E-state index is 12.2. The molecular weight excluding hydrogens is 288 g/mol. The van der Waals surface area contributed by atoms with Gasteiger partial charge in [-0.1, -0.05) is 6.07 Å². The Labute approximate surface area is 126 Å². The van der Waals surface area contributed by atoms with E-state index in [2.05, 4.69) is 10.3 Å². The molecule has 1 aromatic carbocycles. The lowest BCUT2D eigenvalue weighted by Crippen LogP contribution is -2.55. The molecule has 1 aliphatic rings. The topological polar surface area (TPSA) is 105 Å². The molecule has 7 nitrogen and oxygen atoms in total. The fourth-order valence-electron chi connectivity index (χ4n) is 2.79. The molecule has 1 saturated carbocycles. The minimum absolute atomic E-state index is 0.0561. The van der Waals surface area contributed by atoms with E-state index in [-0.39, 0.29) is 18.6 Å². The number of aromatic amines is 1. The number of aliphatic hydroxyl groups is 1. The Morgan fingerprint density at radius 2 is 2.32 bits per heavy atom. The molecule has 2 aromatic rings. The van der Waals surface area contributed by atoms with Crippen LogP contribution in [0.15, 0.2) is 27.4 Å². The lowest BCUT2D eigenvalue weighted by Gasteiger charge is -2.43. The fraction of sp³-hybridized carbons (Fsp3) is 0.467. The number of benzene rings is 1. The maximum atomic E-state index is 12.2. The van der Waals surface area contributed by atoms with Gasteiger partial charge in [0.15, 0.2) is 5.58 Å². The second-order valence-electron chi connectivity index (χ2n) is 5.59. The van der Waals surface area contributed by atoms with Crippen LogP contribution in [0.3, 0.4) is 0 Å². The van der Waals surface area contributed by atoms with Crippen molar-refractivity contribution in [1.82, 2.24) is 10.3 Å². The molecule has 1 heterocycles. The first-order chi connectivity index (χ1) is 10.5. The summed E-state index contributed by atoms with van der Waals surface area (Å²) in [6.45, 7) is 2.67. The molecule has 7 heteroatoms. The van der Waals surface area contributed by atoms with Gasteiger partial charge in [0.05, 0.1) is 22.8 Å². The van der Waals surface area contributed by atoms with E-state index >= 15 is 0 Å². The molecule has 22 heavy (non-hydrogen) atoms. The van der Waals surface area contributed by atoms with E-state index in [0.29, 0.717) is 36.1 Å². The Balaban J connectivity index is 1.66. The zero-order valence-corrected chi connectivity index (χ0v) is 12.2. The molecule has 0 aliphatic heterocycles. The van der Waals surface area contributed by atoms with Crippen molar-refractivity contribution in [2.45, 2.75) is 31.5 Å². The van der Waals surface area contributed by atoms with E-state index < -0.39 is 11.4 Å². The van der Waals surface area contributed by atoms with Crippen molar-refractivity contribution in [3.05, 3.63) is 34.3 Å². The molecule has 1 aliphatic carbocycles. The highest BCUT2D eigenvalue weighted by atomic mass is 16.5. The number of rotatable bonds is 5. The number of aromatic nitrogens is 1. The highest BCUT2D eigenvalue weighted by Gasteiger charge is 2.43. The van der Waals surface area contributed by atoms with Crippen LogP contribution in [-0.4, -0.2) is 40.9 Å². The molecule has 3 N–H and O–H groups in total. The smallest absolute Gasteiger partial charge is 0.408 e. The number of ether oxygens (including phenoxy) is 1. The van der Waals surface area contributed by atoms with Crippen molar-refractivity contribution in [2.24, 2.45) is 0 Å². The third kappa shape index (κ3) is 2.77. The predicted molar refractivity (Wildman–Crippen MR) is 78.8 cm³/mol. The number of hydrogen-bond acceptors (Lipinski definition) is 5. The van der Waals surface area contributed by atoms with Gasteiger partial charge in [-0.2, -0.15) is 0 Å². The molecule has 1 amide bonds. The maximum Gasteiger partial charge on any atom is 0.417 e. The average molecular weight is 306 g/mol. The summed E-state index contributed by atoms with van der Waals surface area (Å²) in [6, 6.07) is 4.84. The summed E-state index contributed by atoms with van der Waals surface area (Å²) in [5.74, 6) is -0.969. The Bertz CT molecular complexity index is 742. The van der Waals surface area contributed by atoms with Crippen LogP contribution in [0.1, 0.15) is 30.1 Å². The zero-order chi connectivity index (χ0) is 15.7. The van der Waals surface area contributed by atoms with Gasteiger partial charge in [0.25, 0.3) is 5.91 Å². The first kappa shape index (κ1) is 14.8. The van der Waals surface area contributed by atoms with Crippen LogP contribution in [0, 0.1) is 0 Å². The number of oxazole rings is 1. The van der Waals surface area contributed by atoms with Crippen molar-refractivity contribution in [2.75, 3.05) is 13.2 Å². The number of nitrogens with one attached hydrogen (secondary N) is 2. The molecule has 118 valence electrons. The van der Waals surface area contributed by atoms with Gasteiger partial charge < -0.3 is 19.6 Å². The summed E-state index contributed by atoms with van der Waals surface area (Å²) in [6.07, 6.45) is 1.07. The first-order valence-corrected chi connectivity index (χ1v) is 7.25. The standard InChI is InChI=1S/C15H18N2O5/c1-2-21-9-6-15(20,7-9)8-16-13(18)10-4-3-5-11-12(10)17-14(19)22-11/h3-5,9,20H,2,6-8H2,1H3,(H,16,18)(H,17,19). The van der Waals surface area contributed by atoms with Crippen LogP contribution >= 0.6 is 0 Å². The number of hydrogen-bond donors (Lipinski definition) is 3. The molecule has 0 atom stereocenters. The van der Waals surface area contributed by atoms with Crippen LogP contribution in [0.2, 0.25) is 0 Å². The van der Waals surface area contributed by atoms with E-state index in [1.807, 2.05) is 6.92 Å². The third-order valence-electron chi connectivity index (χ3n) is 3.90. The largest absolute Gasteiger partial charge is 0.417 e. The van der Waals surface area contributed by atoms with E-state index in [1.54, 1.807) is 18.2 Å². The highest BCUT2D eigenvalue weighted by molar-refractivity contribution is 6.04. The molecule has 1 fully saturated rings. The number of H-pyrrole nitrogens is 1. The lowest BCUT2D eigenvalue weighted by atomic mass is 9.77. The number of para-hydroxylation sites is 1. The van der Waals surface area contributed by atoms with Crippen LogP contribution < -0.4 is 11.1 Å². The Morgan fingerprint density at radius 3 is 3.05 bits per heavy atom. The van der Waals surface area contributed by atoms with E-state index in [0.717, 1.165) is 0 Å². The van der Waals surface area contributed by atoms with Crippen molar-refractivity contribution >= 4 is 17.0 Å². The monoisotopic (exact) mass is 306 g/mol. The van der Waals surface area contributed by atoms with Crippen LogP contribution in [0.4, 0.5) is 0 Å². The van der Waals surface area contributed by atoms with Gasteiger partial charge in [0.2, 0.25) is 0 Å². The molecule has 0 saturated heterocycles. The van der Waals surface area contributed by atoms with Gasteiger partial charge in [-0.25, -0.2) is 4.79 Å². The molecular formula is C15H18N2O5. The van der Waals surface area contributed by atoms with E-state index in [1.165, 1.54) is 0 Å². The molecule has 0 radical (unpaired) electrons. The zero-order valence-electron chi connectivity index (χ0n) is 12.2. The summed E-state index contributed by atoms with van der Waals surface area (Å²) >= 11 is 0. The predicted octanol–water partition coefficient (Wildman–Crippen LogP) is 0.781. The van der Waals surface area contributed by atoms with Crippen molar-refractivity contribution < 1.29 is 19.1 Å². The SMILES string of the molecule is CCOC1CC(O)(CNC(=O)c2cccc3oc(=O)[nH]c23)C1. The summed E-state index contributed by atoms with van der Waals surface area (Å²) in [7, 11) is 0. The Hall–Kier alpha value is -2.12. The minimum atomic E-state index is -0.923. The minimum Gasteiger partial charge on any atom is -0.408 e. The van der Waals surface area contributed by atoms with Gasteiger partial charge >= 0.3 is 5.76 Å². The molecule has 0 bridgehead atoms. The van der Waals surface area contributed by atoms with Crippen LogP contribution in [-0.2, 0) is 4.74 Å². The lowest BCUT2D eigenvalue weighted by molar-refractivity contribution is -0.133. The second-order valence-corrected chi connectivity index (χ2v) is 5.59. The number of carbonyl (C=O) groups is 1. The number of amides is 1. The van der Waals surface area contributed by atoms with E-state index in [4.69, 9.17) is 9.15 Å². The Morgan fingerprint density at radius 1 is 1.55 bits per heavy atom. The number of carbonyl (C=O) groups excluding carboxylic acids is 1. The average Bonchev–Trinajstić information content (AvgIpc) is 2.83. The molecule has 0 spiro atoms. The third-order valence-corrected chi connectivity index (χ3v) is 3.90. The van der Waals surface area contributed by atoms with Gasteiger partial charge in [0, 0.05) is 26.0 Å². The van der Waals surface area contributed by atoms with Crippen molar-refractivity contribution in [1.29, 1.82) is 0 Å². The summed E-state index contributed by atoms with van der Waals surface area (Å²) in [5.41, 5.74) is 0.0783. The highest BCUT2D eigenvalue weighted by Crippen LogP contribution is 2.34. The van der Waals surface area contributed by atoms with Gasteiger partial charge in [-0.3, -0.25) is 9.78 Å². The van der Waals surface area contributed by atoms with Gasteiger partial charge in [0.1, 0.15) is 0 Å². The Kier molecular flexibility index (Phi) is 3.76.